The molecule has 4 heteroatoms. The summed E-state index contributed by atoms with van der Waals surface area (Å²) in [7, 11) is 0. The molecule has 53 heavy (non-hydrogen) atoms. The number of rotatable bonds is 5. The summed E-state index contributed by atoms with van der Waals surface area (Å²) in [5, 5.41) is 2.25. The third kappa shape index (κ3) is 5.30. The van der Waals surface area contributed by atoms with Crippen molar-refractivity contribution in [3.05, 3.63) is 181 Å². The van der Waals surface area contributed by atoms with Crippen LogP contribution < -0.4 is 4.74 Å². The zero-order valence-electron chi connectivity index (χ0n) is 29.4. The van der Waals surface area contributed by atoms with E-state index < -0.39 is 0 Å². The van der Waals surface area contributed by atoms with Gasteiger partial charge in [-0.2, -0.15) is 0 Å². The summed E-state index contributed by atoms with van der Waals surface area (Å²) < 4.78 is 12.7. The molecule has 9 aromatic rings. The van der Waals surface area contributed by atoms with Crippen LogP contribution in [-0.4, -0.2) is 9.97 Å². The van der Waals surface area contributed by atoms with Crippen LogP contribution in [0.4, 0.5) is 0 Å². The monoisotopic (exact) mass is 682 g/mol. The van der Waals surface area contributed by atoms with Crippen molar-refractivity contribution in [2.45, 2.75) is 19.3 Å². The van der Waals surface area contributed by atoms with Crippen molar-refractivity contribution in [1.82, 2.24) is 9.97 Å². The molecule has 1 aliphatic rings. The molecule has 0 fully saturated rings. The van der Waals surface area contributed by atoms with Crippen LogP contribution in [0, 0.1) is 0 Å². The van der Waals surface area contributed by atoms with Gasteiger partial charge in [-0.3, -0.25) is 0 Å². The maximum atomic E-state index is 6.34. The van der Waals surface area contributed by atoms with Gasteiger partial charge in [-0.15, -0.1) is 0 Å². The minimum absolute atomic E-state index is 0.176. The Morgan fingerprint density at radius 3 is 1.81 bits per heavy atom. The van der Waals surface area contributed by atoms with Crippen molar-refractivity contribution in [2.24, 2.45) is 0 Å². The van der Waals surface area contributed by atoms with Gasteiger partial charge < -0.3 is 9.15 Å². The third-order valence-corrected chi connectivity index (χ3v) is 10.6. The molecule has 252 valence electrons. The molecule has 10 rings (SSSR count). The fourth-order valence-corrected chi connectivity index (χ4v) is 7.71. The maximum Gasteiger partial charge on any atom is 0.160 e. The zero-order chi connectivity index (χ0) is 35.5. The Kier molecular flexibility index (Phi) is 7.12. The number of furan rings is 1. The molecule has 0 unspecified atom stereocenters. The van der Waals surface area contributed by atoms with Crippen molar-refractivity contribution in [1.29, 1.82) is 0 Å². The van der Waals surface area contributed by atoms with E-state index in [1.165, 1.54) is 11.1 Å². The van der Waals surface area contributed by atoms with Crippen LogP contribution in [-0.2, 0) is 5.41 Å². The SMILES string of the molecule is CC1(C)c2ccccc2Oc2ccc(-c3ccc(-c4cc(-c5ccc(-c6cccc7c6oc6ccccc67)cc5)nc(-c5ccccc5)n4)cc3)cc21. The highest BCUT2D eigenvalue weighted by atomic mass is 16.5. The van der Waals surface area contributed by atoms with E-state index in [2.05, 4.69) is 141 Å². The molecule has 2 aromatic heterocycles. The van der Waals surface area contributed by atoms with Gasteiger partial charge >= 0.3 is 0 Å². The number of hydrogen-bond acceptors (Lipinski definition) is 4. The van der Waals surface area contributed by atoms with Crippen LogP contribution in [0.15, 0.2) is 174 Å². The van der Waals surface area contributed by atoms with E-state index in [1.807, 2.05) is 42.5 Å². The maximum absolute atomic E-state index is 6.34. The zero-order valence-corrected chi connectivity index (χ0v) is 29.4. The van der Waals surface area contributed by atoms with Crippen molar-refractivity contribution < 1.29 is 9.15 Å². The van der Waals surface area contributed by atoms with Crippen LogP contribution in [0.3, 0.4) is 0 Å². The lowest BCUT2D eigenvalue weighted by Gasteiger charge is -2.34. The van der Waals surface area contributed by atoms with Gasteiger partial charge in [0.05, 0.1) is 11.4 Å². The van der Waals surface area contributed by atoms with E-state index in [-0.39, 0.29) is 5.41 Å². The first-order valence-corrected chi connectivity index (χ1v) is 18.0. The number of ether oxygens (including phenoxy) is 1. The molecule has 1 aliphatic heterocycles. The summed E-state index contributed by atoms with van der Waals surface area (Å²) in [5.41, 5.74) is 13.2. The van der Waals surface area contributed by atoms with Gasteiger partial charge in [-0.05, 0) is 47.0 Å². The molecular formula is C49H34N2O2. The van der Waals surface area contributed by atoms with Crippen LogP contribution in [0.1, 0.15) is 25.0 Å². The summed E-state index contributed by atoms with van der Waals surface area (Å²) in [4.78, 5) is 10.2. The minimum atomic E-state index is -0.176. The first-order chi connectivity index (χ1) is 26.0. The molecule has 0 aliphatic carbocycles. The van der Waals surface area contributed by atoms with Gasteiger partial charge in [-0.25, -0.2) is 9.97 Å². The quantitative estimate of drug-likeness (QED) is 0.181. The molecule has 3 heterocycles. The average molecular weight is 683 g/mol. The van der Waals surface area contributed by atoms with Gasteiger partial charge in [0, 0.05) is 49.6 Å². The van der Waals surface area contributed by atoms with E-state index in [9.17, 15) is 0 Å². The van der Waals surface area contributed by atoms with Crippen LogP contribution >= 0.6 is 0 Å². The second-order valence-electron chi connectivity index (χ2n) is 14.2. The lowest BCUT2D eigenvalue weighted by atomic mass is 9.75. The summed E-state index contributed by atoms with van der Waals surface area (Å²) in [5.74, 6) is 2.53. The summed E-state index contributed by atoms with van der Waals surface area (Å²) in [6, 6.07) is 58.9. The van der Waals surface area contributed by atoms with E-state index in [1.54, 1.807) is 0 Å². The van der Waals surface area contributed by atoms with Crippen LogP contribution in [0.25, 0.3) is 78.1 Å². The Morgan fingerprint density at radius 1 is 0.434 bits per heavy atom. The van der Waals surface area contributed by atoms with Crippen molar-refractivity contribution >= 4 is 21.9 Å². The van der Waals surface area contributed by atoms with Gasteiger partial charge in [0.1, 0.15) is 22.7 Å². The van der Waals surface area contributed by atoms with Crippen molar-refractivity contribution in [2.75, 3.05) is 0 Å². The molecule has 0 N–H and O–H groups in total. The molecule has 0 saturated heterocycles. The lowest BCUT2D eigenvalue weighted by molar-refractivity contribution is 0.418. The fraction of sp³-hybridized carbons (Fsp3) is 0.0612. The van der Waals surface area contributed by atoms with E-state index in [0.29, 0.717) is 5.82 Å². The number of nitrogens with zero attached hydrogens (tertiary/aromatic N) is 2. The van der Waals surface area contributed by atoms with Crippen molar-refractivity contribution in [3.63, 3.8) is 0 Å². The molecule has 4 nitrogen and oxygen atoms in total. The number of benzene rings is 7. The lowest BCUT2D eigenvalue weighted by Crippen LogP contribution is -2.24. The predicted molar refractivity (Wildman–Crippen MR) is 215 cm³/mol. The van der Waals surface area contributed by atoms with Gasteiger partial charge in [0.15, 0.2) is 5.82 Å². The van der Waals surface area contributed by atoms with Gasteiger partial charge in [0.25, 0.3) is 0 Å². The minimum Gasteiger partial charge on any atom is -0.457 e. The second-order valence-corrected chi connectivity index (χ2v) is 14.2. The number of fused-ring (bicyclic) bond motifs is 5. The molecule has 0 radical (unpaired) electrons. The molecule has 7 aromatic carbocycles. The highest BCUT2D eigenvalue weighted by molar-refractivity contribution is 6.09. The summed E-state index contributed by atoms with van der Waals surface area (Å²) in [6.07, 6.45) is 0. The average Bonchev–Trinajstić information content (AvgIpc) is 3.60. The van der Waals surface area contributed by atoms with Crippen LogP contribution in [0.2, 0.25) is 0 Å². The standard InChI is InChI=1S/C49H34N2O2/c1-49(2)40-16-7-9-18-45(40)52-46-28-27-36(29-41(46)49)31-19-23-33(24-20-31)42-30-43(51-48(50-42)35-11-4-3-5-12-35)34-25-21-32(22-26-34)37-14-10-15-39-38-13-6-8-17-44(38)53-47(37)39/h3-30H,1-2H3. The Hall–Kier alpha value is -6.78. The molecule has 0 spiro atoms. The number of aromatic nitrogens is 2. The topological polar surface area (TPSA) is 48.2 Å². The van der Waals surface area contributed by atoms with Gasteiger partial charge in [0.2, 0.25) is 0 Å². The molecule has 0 bridgehead atoms. The first kappa shape index (κ1) is 31.0. The molecule has 0 saturated carbocycles. The summed E-state index contributed by atoms with van der Waals surface area (Å²) >= 11 is 0. The van der Waals surface area contributed by atoms with E-state index in [0.717, 1.165) is 83.8 Å². The largest absolute Gasteiger partial charge is 0.457 e. The molecule has 0 atom stereocenters. The third-order valence-electron chi connectivity index (χ3n) is 10.6. The number of para-hydroxylation sites is 3. The number of hydrogen-bond donors (Lipinski definition) is 0. The normalized spacial score (nSPS) is 13.0. The second kappa shape index (κ2) is 12.2. The van der Waals surface area contributed by atoms with Crippen LogP contribution in [0.5, 0.6) is 11.5 Å². The fourth-order valence-electron chi connectivity index (χ4n) is 7.71. The highest BCUT2D eigenvalue weighted by Crippen LogP contribution is 2.48. The highest BCUT2D eigenvalue weighted by Gasteiger charge is 2.34. The predicted octanol–water partition coefficient (Wildman–Crippen LogP) is 13.1. The molecule has 0 amide bonds. The Labute approximate surface area is 308 Å². The summed E-state index contributed by atoms with van der Waals surface area (Å²) in [6.45, 7) is 4.54. The smallest absolute Gasteiger partial charge is 0.160 e. The van der Waals surface area contributed by atoms with E-state index >= 15 is 0 Å². The van der Waals surface area contributed by atoms with Crippen molar-refractivity contribution in [3.8, 4) is 67.7 Å². The van der Waals surface area contributed by atoms with E-state index in [4.69, 9.17) is 19.1 Å². The Balaban J connectivity index is 1.00. The Bertz CT molecular complexity index is 2820. The Morgan fingerprint density at radius 2 is 1.04 bits per heavy atom. The first-order valence-electron chi connectivity index (χ1n) is 18.0. The van der Waals surface area contributed by atoms with Gasteiger partial charge in [-0.1, -0.05) is 153 Å². The molecular weight excluding hydrogens is 649 g/mol.